The van der Waals surface area contributed by atoms with E-state index in [-0.39, 0.29) is 17.5 Å². The van der Waals surface area contributed by atoms with Crippen LogP contribution in [-0.2, 0) is 23.7 Å². The molecule has 150 valence electrons. The van der Waals surface area contributed by atoms with Crippen LogP contribution in [0.4, 0.5) is 5.69 Å². The largest absolute Gasteiger partial charge is 0.350 e. The van der Waals surface area contributed by atoms with Crippen LogP contribution in [0.3, 0.4) is 0 Å². The van der Waals surface area contributed by atoms with Crippen molar-refractivity contribution in [2.75, 3.05) is 0 Å². The van der Waals surface area contributed by atoms with Crippen molar-refractivity contribution in [3.05, 3.63) is 76.1 Å². The monoisotopic (exact) mass is 402 g/mol. The average Bonchev–Trinajstić information content (AvgIpc) is 3.32. The normalized spacial score (nSPS) is 19.0. The molecule has 1 N–H and O–H groups in total. The highest BCUT2D eigenvalue weighted by atomic mass is 16.6. The lowest BCUT2D eigenvalue weighted by molar-refractivity contribution is -0.384. The molecule has 0 spiro atoms. The fourth-order valence-electron chi connectivity index (χ4n) is 4.61. The summed E-state index contributed by atoms with van der Waals surface area (Å²) >= 11 is 0. The molecule has 0 radical (unpaired) electrons. The van der Waals surface area contributed by atoms with Crippen molar-refractivity contribution < 1.29 is 14.5 Å². The van der Waals surface area contributed by atoms with Crippen molar-refractivity contribution >= 4 is 39.3 Å². The number of nitro groups is 1. The quantitative estimate of drug-likeness (QED) is 0.323. The molecule has 1 fully saturated rings. The van der Waals surface area contributed by atoms with E-state index in [1.54, 1.807) is 23.9 Å². The summed E-state index contributed by atoms with van der Waals surface area (Å²) in [5.41, 5.74) is 3.08. The molecule has 8 nitrogen and oxygen atoms in total. The molecule has 2 aromatic heterocycles. The molecule has 1 aliphatic heterocycles. The number of aromatic nitrogens is 2. The summed E-state index contributed by atoms with van der Waals surface area (Å²) in [7, 11) is 3.68. The Hall–Kier alpha value is -3.94. The molecule has 3 heterocycles. The van der Waals surface area contributed by atoms with E-state index in [4.69, 9.17) is 0 Å². The molecule has 2 amide bonds. The molecule has 8 heteroatoms. The van der Waals surface area contributed by atoms with E-state index in [0.29, 0.717) is 11.1 Å². The van der Waals surface area contributed by atoms with E-state index in [2.05, 4.69) is 5.32 Å². The third kappa shape index (κ3) is 2.46. The average molecular weight is 402 g/mol. The minimum atomic E-state index is -0.714. The fraction of sp³-hybridized carbons (Fsp3) is 0.182. The van der Waals surface area contributed by atoms with Crippen LogP contribution >= 0.6 is 0 Å². The van der Waals surface area contributed by atoms with Crippen molar-refractivity contribution in [2.45, 2.75) is 11.8 Å². The minimum absolute atomic E-state index is 0.0206. The highest BCUT2D eigenvalue weighted by Crippen LogP contribution is 2.43. The molecule has 4 aromatic rings. The Morgan fingerprint density at radius 2 is 1.43 bits per heavy atom. The second kappa shape index (κ2) is 6.28. The number of non-ortho nitro benzene ring substituents is 1. The second-order valence-electron chi connectivity index (χ2n) is 7.68. The van der Waals surface area contributed by atoms with E-state index < -0.39 is 16.8 Å². The van der Waals surface area contributed by atoms with Gasteiger partial charge >= 0.3 is 0 Å². The first-order chi connectivity index (χ1) is 14.4. The third-order valence-corrected chi connectivity index (χ3v) is 5.96. The van der Waals surface area contributed by atoms with Crippen molar-refractivity contribution in [3.8, 4) is 0 Å². The number of benzene rings is 2. The maximum Gasteiger partial charge on any atom is 0.271 e. The molecule has 2 atom stereocenters. The van der Waals surface area contributed by atoms with Crippen LogP contribution in [0.15, 0.2) is 54.9 Å². The van der Waals surface area contributed by atoms with Gasteiger partial charge in [-0.25, -0.2) is 0 Å². The van der Waals surface area contributed by atoms with Crippen molar-refractivity contribution in [1.29, 1.82) is 0 Å². The SMILES string of the molecule is Cn1cc(C2C(=O)NC(=O)C2c2cn(C)c3cc([N+](=O)[O-])ccc23)c2ccccc21. The Labute approximate surface area is 170 Å². The van der Waals surface area contributed by atoms with E-state index in [1.807, 2.05) is 42.1 Å². The number of aryl methyl sites for hydroxylation is 2. The highest BCUT2D eigenvalue weighted by molar-refractivity contribution is 6.13. The molecule has 1 aliphatic rings. The van der Waals surface area contributed by atoms with Gasteiger partial charge in [0.05, 0.1) is 22.3 Å². The molecule has 0 aliphatic carbocycles. The van der Waals surface area contributed by atoms with Crippen LogP contribution in [0.5, 0.6) is 0 Å². The molecular weight excluding hydrogens is 384 g/mol. The van der Waals surface area contributed by atoms with Crippen molar-refractivity contribution in [2.24, 2.45) is 14.1 Å². The number of para-hydroxylation sites is 1. The first-order valence-electron chi connectivity index (χ1n) is 9.49. The van der Waals surface area contributed by atoms with E-state index >= 15 is 0 Å². The summed E-state index contributed by atoms with van der Waals surface area (Å²) in [6.07, 6.45) is 3.69. The smallest absolute Gasteiger partial charge is 0.271 e. The molecular formula is C22H18N4O4. The van der Waals surface area contributed by atoms with Crippen LogP contribution in [0.1, 0.15) is 23.0 Å². The van der Waals surface area contributed by atoms with Gasteiger partial charge in [0.2, 0.25) is 11.8 Å². The van der Waals surface area contributed by atoms with Crippen LogP contribution < -0.4 is 5.32 Å². The Balaban J connectivity index is 1.72. The zero-order valence-corrected chi connectivity index (χ0v) is 16.3. The lowest BCUT2D eigenvalue weighted by Gasteiger charge is -2.14. The summed E-state index contributed by atoms with van der Waals surface area (Å²) in [5, 5.41) is 15.3. The topological polar surface area (TPSA) is 99.2 Å². The summed E-state index contributed by atoms with van der Waals surface area (Å²) in [6, 6.07) is 12.3. The summed E-state index contributed by atoms with van der Waals surface area (Å²) < 4.78 is 3.71. The van der Waals surface area contributed by atoms with Gasteiger partial charge in [-0.05, 0) is 23.3 Å². The molecule has 0 bridgehead atoms. The number of nitro benzene ring substituents is 1. The minimum Gasteiger partial charge on any atom is -0.350 e. The molecule has 30 heavy (non-hydrogen) atoms. The molecule has 0 saturated carbocycles. The van der Waals surface area contributed by atoms with Gasteiger partial charge in [-0.15, -0.1) is 0 Å². The summed E-state index contributed by atoms with van der Waals surface area (Å²) in [5.74, 6) is -2.08. The van der Waals surface area contributed by atoms with Crippen LogP contribution in [-0.4, -0.2) is 25.9 Å². The van der Waals surface area contributed by atoms with Crippen LogP contribution in [0, 0.1) is 10.1 Å². The zero-order valence-electron chi connectivity index (χ0n) is 16.3. The number of carbonyl (C=O) groups is 2. The maximum absolute atomic E-state index is 12.9. The predicted molar refractivity (Wildman–Crippen MR) is 111 cm³/mol. The molecule has 1 saturated heterocycles. The van der Waals surface area contributed by atoms with Crippen molar-refractivity contribution in [1.82, 2.24) is 14.5 Å². The Morgan fingerprint density at radius 3 is 2.07 bits per heavy atom. The predicted octanol–water partition coefficient (Wildman–Crippen LogP) is 3.10. The van der Waals surface area contributed by atoms with Gasteiger partial charge in [0.15, 0.2) is 0 Å². The van der Waals surface area contributed by atoms with Crippen LogP contribution in [0.2, 0.25) is 0 Å². The summed E-state index contributed by atoms with van der Waals surface area (Å²) in [4.78, 5) is 36.5. The van der Waals surface area contributed by atoms with Gasteiger partial charge in [0.25, 0.3) is 5.69 Å². The van der Waals surface area contributed by atoms with Gasteiger partial charge in [0.1, 0.15) is 0 Å². The zero-order chi connectivity index (χ0) is 21.2. The van der Waals surface area contributed by atoms with E-state index in [0.717, 1.165) is 21.9 Å². The molecule has 5 rings (SSSR count). The number of rotatable bonds is 3. The van der Waals surface area contributed by atoms with Gasteiger partial charge in [0, 0.05) is 54.9 Å². The lowest BCUT2D eigenvalue weighted by atomic mass is 9.83. The van der Waals surface area contributed by atoms with Gasteiger partial charge in [-0.1, -0.05) is 18.2 Å². The molecule has 2 aromatic carbocycles. The Kier molecular flexibility index (Phi) is 3.79. The lowest BCUT2D eigenvalue weighted by Crippen LogP contribution is -2.21. The number of fused-ring (bicyclic) bond motifs is 2. The Morgan fingerprint density at radius 1 is 0.867 bits per heavy atom. The number of hydrogen-bond donors (Lipinski definition) is 1. The standard InChI is InChI=1S/C22H18N4O4/c1-24-10-15(13-5-3-4-6-17(13)24)19-20(22(28)23-21(19)27)16-11-25(2)18-9-12(26(29)30)7-8-14(16)18/h3-11,19-20H,1-2H3,(H,23,27,28). The number of nitrogens with zero attached hydrogens (tertiary/aromatic N) is 3. The van der Waals surface area contributed by atoms with Gasteiger partial charge in [-0.2, -0.15) is 0 Å². The van der Waals surface area contributed by atoms with E-state index in [1.165, 1.54) is 12.1 Å². The Bertz CT molecular complexity index is 1380. The summed E-state index contributed by atoms with van der Waals surface area (Å²) in [6.45, 7) is 0. The number of imide groups is 1. The highest BCUT2D eigenvalue weighted by Gasteiger charge is 2.45. The van der Waals surface area contributed by atoms with Gasteiger partial charge < -0.3 is 9.13 Å². The second-order valence-corrected chi connectivity index (χ2v) is 7.68. The number of hydrogen-bond acceptors (Lipinski definition) is 4. The van der Waals surface area contributed by atoms with Gasteiger partial charge in [-0.3, -0.25) is 25.0 Å². The number of carbonyl (C=O) groups excluding carboxylic acids is 2. The molecule has 2 unspecified atom stereocenters. The number of amides is 2. The first-order valence-corrected chi connectivity index (χ1v) is 9.49. The fourth-order valence-corrected chi connectivity index (χ4v) is 4.61. The van der Waals surface area contributed by atoms with Crippen LogP contribution in [0.25, 0.3) is 21.8 Å². The first kappa shape index (κ1) is 18.1. The maximum atomic E-state index is 12.9. The van der Waals surface area contributed by atoms with Crippen molar-refractivity contribution in [3.63, 3.8) is 0 Å². The third-order valence-electron chi connectivity index (χ3n) is 5.96. The number of nitrogens with one attached hydrogen (secondary N) is 1. The van der Waals surface area contributed by atoms with E-state index in [9.17, 15) is 19.7 Å².